The van der Waals surface area contributed by atoms with Crippen molar-refractivity contribution in [2.24, 2.45) is 0 Å². The van der Waals surface area contributed by atoms with Gasteiger partial charge in [-0.05, 0) is 26.0 Å². The molecule has 1 aromatic rings. The van der Waals surface area contributed by atoms with Gasteiger partial charge in [0.1, 0.15) is 0 Å². The Morgan fingerprint density at radius 2 is 1.80 bits per heavy atom. The minimum atomic E-state index is -0.407. The Bertz CT molecular complexity index is 285. The van der Waals surface area contributed by atoms with Crippen molar-refractivity contribution in [2.75, 3.05) is 18.5 Å². The highest BCUT2D eigenvalue weighted by molar-refractivity contribution is 5.48. The lowest BCUT2D eigenvalue weighted by molar-refractivity contribution is -0.384. The van der Waals surface area contributed by atoms with Gasteiger partial charge in [-0.1, -0.05) is 0 Å². The summed E-state index contributed by atoms with van der Waals surface area (Å²) in [5.41, 5.74) is 1.03. The normalized spacial score (nSPS) is 8.73. The highest BCUT2D eigenvalue weighted by Gasteiger charge is 2.02. The molecule has 0 aromatic heterocycles. The summed E-state index contributed by atoms with van der Waals surface area (Å²) in [5.74, 6) is 0. The molecule has 0 radical (unpaired) electrons. The van der Waals surface area contributed by atoms with E-state index in [1.54, 1.807) is 19.1 Å². The molecule has 2 N–H and O–H groups in total. The number of nitrogens with zero attached hydrogens (tertiary/aromatic N) is 1. The fourth-order valence-electron chi connectivity index (χ4n) is 0.905. The molecule has 0 aliphatic rings. The second-order valence-electron chi connectivity index (χ2n) is 2.65. The summed E-state index contributed by atoms with van der Waals surface area (Å²) in [6, 6.07) is 6.36. The average Bonchev–Trinajstić information content (AvgIpc) is 2.20. The Kier molecular flexibility index (Phi) is 6.92. The number of nitro benzene ring substituents is 1. The molecule has 15 heavy (non-hydrogen) atoms. The molecule has 0 saturated heterocycles. The number of hydrogen-bond acceptors (Lipinski definition) is 4. The van der Waals surface area contributed by atoms with Crippen LogP contribution in [-0.2, 0) is 0 Å². The van der Waals surface area contributed by atoms with Crippen molar-refractivity contribution in [1.29, 1.82) is 0 Å². The first kappa shape index (κ1) is 13.4. The van der Waals surface area contributed by atoms with Gasteiger partial charge < -0.3 is 10.4 Å². The molecule has 0 amide bonds. The molecule has 5 heteroatoms. The molecule has 1 aromatic carbocycles. The zero-order chi connectivity index (χ0) is 11.7. The maximum Gasteiger partial charge on any atom is 0.269 e. The van der Waals surface area contributed by atoms with Crippen LogP contribution in [0.5, 0.6) is 0 Å². The molecule has 1 rings (SSSR count). The summed E-state index contributed by atoms with van der Waals surface area (Å²) >= 11 is 0. The van der Waals surface area contributed by atoms with E-state index in [0.717, 1.165) is 12.2 Å². The molecule has 0 spiro atoms. The standard InChI is InChI=1S/C8H10N2O2.C2H6O/c1-2-9-7-3-5-8(6-4-7)10(11)12;1-2-3/h3-6,9H,2H2,1H3;3H,2H2,1H3. The van der Waals surface area contributed by atoms with Crippen LogP contribution in [0.4, 0.5) is 11.4 Å². The second kappa shape index (κ2) is 7.75. The molecular weight excluding hydrogens is 196 g/mol. The first-order chi connectivity index (χ1) is 7.15. The summed E-state index contributed by atoms with van der Waals surface area (Å²) in [7, 11) is 0. The molecule has 0 fully saturated rings. The monoisotopic (exact) mass is 212 g/mol. The van der Waals surface area contributed by atoms with Crippen LogP contribution in [0.1, 0.15) is 13.8 Å². The number of nitro groups is 1. The molecular formula is C10H16N2O3. The Labute approximate surface area is 88.9 Å². The maximum atomic E-state index is 10.3. The average molecular weight is 212 g/mol. The largest absolute Gasteiger partial charge is 0.397 e. The van der Waals surface area contributed by atoms with E-state index in [4.69, 9.17) is 5.11 Å². The Morgan fingerprint density at radius 1 is 1.33 bits per heavy atom. The van der Waals surface area contributed by atoms with Crippen molar-refractivity contribution in [2.45, 2.75) is 13.8 Å². The SMILES string of the molecule is CCNc1ccc([N+](=O)[O-])cc1.CCO. The van der Waals surface area contributed by atoms with E-state index in [1.807, 2.05) is 6.92 Å². The number of anilines is 1. The van der Waals surface area contributed by atoms with Crippen molar-refractivity contribution in [3.05, 3.63) is 34.4 Å². The third-order valence-electron chi connectivity index (χ3n) is 1.46. The Balaban J connectivity index is 0.000000583. The summed E-state index contributed by atoms with van der Waals surface area (Å²) in [5, 5.41) is 20.9. The molecule has 0 saturated carbocycles. The predicted molar refractivity (Wildman–Crippen MR) is 60.0 cm³/mol. The van der Waals surface area contributed by atoms with Crippen LogP contribution in [0, 0.1) is 10.1 Å². The fourth-order valence-corrected chi connectivity index (χ4v) is 0.905. The van der Waals surface area contributed by atoms with Crippen molar-refractivity contribution < 1.29 is 10.0 Å². The van der Waals surface area contributed by atoms with E-state index >= 15 is 0 Å². The van der Waals surface area contributed by atoms with Gasteiger partial charge in [-0.3, -0.25) is 10.1 Å². The first-order valence-electron chi connectivity index (χ1n) is 4.74. The summed E-state index contributed by atoms with van der Waals surface area (Å²) in [6.45, 7) is 4.72. The summed E-state index contributed by atoms with van der Waals surface area (Å²) < 4.78 is 0. The van der Waals surface area contributed by atoms with Crippen LogP contribution in [0.25, 0.3) is 0 Å². The van der Waals surface area contributed by atoms with Gasteiger partial charge in [0.2, 0.25) is 0 Å². The van der Waals surface area contributed by atoms with E-state index in [1.165, 1.54) is 12.1 Å². The zero-order valence-electron chi connectivity index (χ0n) is 8.93. The van der Waals surface area contributed by atoms with Crippen molar-refractivity contribution in [3.8, 4) is 0 Å². The minimum Gasteiger partial charge on any atom is -0.397 e. The van der Waals surface area contributed by atoms with E-state index < -0.39 is 4.92 Å². The number of aliphatic hydroxyl groups excluding tert-OH is 1. The van der Waals surface area contributed by atoms with Crippen molar-refractivity contribution in [3.63, 3.8) is 0 Å². The van der Waals surface area contributed by atoms with Crippen molar-refractivity contribution in [1.82, 2.24) is 0 Å². The third-order valence-corrected chi connectivity index (χ3v) is 1.46. The molecule has 0 aliphatic carbocycles. The van der Waals surface area contributed by atoms with Gasteiger partial charge in [0.25, 0.3) is 5.69 Å². The van der Waals surface area contributed by atoms with Gasteiger partial charge in [0, 0.05) is 31.0 Å². The summed E-state index contributed by atoms with van der Waals surface area (Å²) in [6.07, 6.45) is 0. The van der Waals surface area contributed by atoms with Crippen LogP contribution >= 0.6 is 0 Å². The quantitative estimate of drug-likeness (QED) is 0.593. The molecule has 5 nitrogen and oxygen atoms in total. The first-order valence-corrected chi connectivity index (χ1v) is 4.74. The van der Waals surface area contributed by atoms with Gasteiger partial charge in [-0.2, -0.15) is 0 Å². The molecule has 0 unspecified atom stereocenters. The fraction of sp³-hybridized carbons (Fsp3) is 0.400. The zero-order valence-corrected chi connectivity index (χ0v) is 8.93. The van der Waals surface area contributed by atoms with Crippen molar-refractivity contribution >= 4 is 11.4 Å². The van der Waals surface area contributed by atoms with Gasteiger partial charge in [-0.25, -0.2) is 0 Å². The molecule has 0 atom stereocenters. The predicted octanol–water partition coefficient (Wildman–Crippen LogP) is 2.03. The van der Waals surface area contributed by atoms with Crippen LogP contribution in [0.2, 0.25) is 0 Å². The van der Waals surface area contributed by atoms with Gasteiger partial charge >= 0.3 is 0 Å². The molecule has 0 heterocycles. The molecule has 84 valence electrons. The highest BCUT2D eigenvalue weighted by Crippen LogP contribution is 2.14. The lowest BCUT2D eigenvalue weighted by Crippen LogP contribution is -1.96. The Morgan fingerprint density at radius 3 is 2.13 bits per heavy atom. The van der Waals surface area contributed by atoms with Crippen LogP contribution < -0.4 is 5.32 Å². The van der Waals surface area contributed by atoms with Crippen LogP contribution in [0.3, 0.4) is 0 Å². The summed E-state index contributed by atoms with van der Waals surface area (Å²) in [4.78, 5) is 9.85. The van der Waals surface area contributed by atoms with Gasteiger partial charge in [0.15, 0.2) is 0 Å². The lowest BCUT2D eigenvalue weighted by Gasteiger charge is -2.00. The third kappa shape index (κ3) is 5.64. The number of rotatable bonds is 3. The molecule has 0 bridgehead atoms. The number of benzene rings is 1. The van der Waals surface area contributed by atoms with Gasteiger partial charge in [-0.15, -0.1) is 0 Å². The van der Waals surface area contributed by atoms with E-state index in [-0.39, 0.29) is 12.3 Å². The van der Waals surface area contributed by atoms with E-state index in [0.29, 0.717) is 0 Å². The second-order valence-corrected chi connectivity index (χ2v) is 2.65. The maximum absolute atomic E-state index is 10.3. The minimum absolute atomic E-state index is 0.122. The number of nitrogens with one attached hydrogen (secondary N) is 1. The smallest absolute Gasteiger partial charge is 0.269 e. The lowest BCUT2D eigenvalue weighted by atomic mass is 10.3. The van der Waals surface area contributed by atoms with E-state index in [2.05, 4.69) is 5.32 Å². The van der Waals surface area contributed by atoms with Gasteiger partial charge in [0.05, 0.1) is 4.92 Å². The van der Waals surface area contributed by atoms with Crippen LogP contribution in [-0.4, -0.2) is 23.2 Å². The Hall–Kier alpha value is -1.62. The highest BCUT2D eigenvalue weighted by atomic mass is 16.6. The number of non-ortho nitro benzene ring substituents is 1. The molecule has 0 aliphatic heterocycles. The van der Waals surface area contributed by atoms with E-state index in [9.17, 15) is 10.1 Å². The number of aliphatic hydroxyl groups is 1. The van der Waals surface area contributed by atoms with Crippen LogP contribution in [0.15, 0.2) is 24.3 Å². The number of hydrogen-bond donors (Lipinski definition) is 2. The topological polar surface area (TPSA) is 75.4 Å².